The first-order chi connectivity index (χ1) is 10.8. The van der Waals surface area contributed by atoms with Crippen LogP contribution in [-0.2, 0) is 4.79 Å². The minimum absolute atomic E-state index is 0.551. The number of aliphatic carboxylic acids is 1. The van der Waals surface area contributed by atoms with Gasteiger partial charge in [-0.3, -0.25) is 9.69 Å². The number of carbonyl (C=O) groups is 1. The third-order valence-corrected chi connectivity index (χ3v) is 4.22. The molecule has 0 saturated carbocycles. The van der Waals surface area contributed by atoms with E-state index in [2.05, 4.69) is 10.00 Å². The van der Waals surface area contributed by atoms with Crippen molar-refractivity contribution in [1.82, 2.24) is 14.7 Å². The topological polar surface area (TPSA) is 58.4 Å². The molecule has 0 bridgehead atoms. The minimum atomic E-state index is -0.770. The first-order valence-corrected chi connectivity index (χ1v) is 7.82. The van der Waals surface area contributed by atoms with E-state index in [0.717, 1.165) is 37.2 Å². The molecule has 3 rings (SSSR count). The molecular weight excluding hydrogens is 278 g/mol. The summed E-state index contributed by atoms with van der Waals surface area (Å²) in [6, 6.07) is 8.98. The fourth-order valence-corrected chi connectivity index (χ4v) is 3.09. The average molecular weight is 299 g/mol. The molecule has 0 aliphatic carbocycles. The van der Waals surface area contributed by atoms with Crippen molar-refractivity contribution in [3.63, 3.8) is 0 Å². The standard InChI is InChI=1S/C17H21N3O2/c21-17(22)16(19-11-3-1-2-4-12-19)14-6-8-15(9-7-14)20-13-5-10-18-20/h5-10,13,16H,1-4,11-12H2,(H,21,22)/t16-/m1/s1. The number of benzene rings is 1. The number of aromatic nitrogens is 2. The molecule has 116 valence electrons. The highest BCUT2D eigenvalue weighted by molar-refractivity contribution is 5.75. The summed E-state index contributed by atoms with van der Waals surface area (Å²) in [5.41, 5.74) is 1.78. The van der Waals surface area contributed by atoms with Crippen LogP contribution >= 0.6 is 0 Å². The highest BCUT2D eigenvalue weighted by atomic mass is 16.4. The number of hydrogen-bond donors (Lipinski definition) is 1. The van der Waals surface area contributed by atoms with Gasteiger partial charge >= 0.3 is 5.97 Å². The van der Waals surface area contributed by atoms with Crippen molar-refractivity contribution in [3.8, 4) is 5.69 Å². The molecule has 1 fully saturated rings. The second-order valence-electron chi connectivity index (χ2n) is 5.73. The van der Waals surface area contributed by atoms with Crippen LogP contribution in [0.4, 0.5) is 0 Å². The van der Waals surface area contributed by atoms with Crippen molar-refractivity contribution in [1.29, 1.82) is 0 Å². The van der Waals surface area contributed by atoms with Crippen molar-refractivity contribution in [2.45, 2.75) is 31.7 Å². The van der Waals surface area contributed by atoms with Crippen LogP contribution in [-0.4, -0.2) is 38.8 Å². The lowest BCUT2D eigenvalue weighted by molar-refractivity contribution is -0.143. The Morgan fingerprint density at radius 3 is 2.32 bits per heavy atom. The molecule has 1 N–H and O–H groups in total. The zero-order chi connectivity index (χ0) is 15.4. The molecule has 0 amide bonds. The number of likely N-dealkylation sites (tertiary alicyclic amines) is 1. The van der Waals surface area contributed by atoms with Gasteiger partial charge in [-0.05, 0) is 49.7 Å². The predicted molar refractivity (Wildman–Crippen MR) is 84.0 cm³/mol. The van der Waals surface area contributed by atoms with Crippen LogP contribution in [0.2, 0.25) is 0 Å². The zero-order valence-corrected chi connectivity index (χ0v) is 12.6. The summed E-state index contributed by atoms with van der Waals surface area (Å²) in [5, 5.41) is 13.9. The summed E-state index contributed by atoms with van der Waals surface area (Å²) in [6.07, 6.45) is 8.15. The van der Waals surface area contributed by atoms with Gasteiger partial charge in [0.25, 0.3) is 0 Å². The Hall–Kier alpha value is -2.14. The minimum Gasteiger partial charge on any atom is -0.480 e. The lowest BCUT2D eigenvalue weighted by Gasteiger charge is -2.27. The van der Waals surface area contributed by atoms with E-state index in [1.165, 1.54) is 12.8 Å². The smallest absolute Gasteiger partial charge is 0.325 e. The van der Waals surface area contributed by atoms with E-state index < -0.39 is 12.0 Å². The summed E-state index contributed by atoms with van der Waals surface area (Å²) in [5.74, 6) is -0.770. The second-order valence-corrected chi connectivity index (χ2v) is 5.73. The third kappa shape index (κ3) is 3.20. The third-order valence-electron chi connectivity index (χ3n) is 4.22. The largest absolute Gasteiger partial charge is 0.480 e. The molecule has 1 aromatic heterocycles. The van der Waals surface area contributed by atoms with Gasteiger partial charge in [0, 0.05) is 12.4 Å². The average Bonchev–Trinajstić information content (AvgIpc) is 2.93. The second kappa shape index (κ2) is 6.75. The maximum Gasteiger partial charge on any atom is 0.325 e. The summed E-state index contributed by atoms with van der Waals surface area (Å²) in [7, 11) is 0. The molecule has 0 spiro atoms. The Morgan fingerprint density at radius 2 is 1.77 bits per heavy atom. The Bertz CT molecular complexity index is 599. The fourth-order valence-electron chi connectivity index (χ4n) is 3.09. The van der Waals surface area contributed by atoms with Crippen molar-refractivity contribution in [2.75, 3.05) is 13.1 Å². The summed E-state index contributed by atoms with van der Waals surface area (Å²) >= 11 is 0. The van der Waals surface area contributed by atoms with E-state index in [1.54, 1.807) is 10.9 Å². The Balaban J connectivity index is 1.83. The van der Waals surface area contributed by atoms with Crippen LogP contribution in [0.5, 0.6) is 0 Å². The van der Waals surface area contributed by atoms with Gasteiger partial charge in [-0.1, -0.05) is 25.0 Å². The Labute approximate surface area is 130 Å². The van der Waals surface area contributed by atoms with Crippen molar-refractivity contribution < 1.29 is 9.90 Å². The van der Waals surface area contributed by atoms with Crippen LogP contribution in [0.25, 0.3) is 5.69 Å². The maximum atomic E-state index is 11.8. The SMILES string of the molecule is O=C(O)[C@@H](c1ccc(-n2cccn2)cc1)N1CCCCCC1. The quantitative estimate of drug-likeness (QED) is 0.943. The van der Waals surface area contributed by atoms with Crippen LogP contribution in [0, 0.1) is 0 Å². The fraction of sp³-hybridized carbons (Fsp3) is 0.412. The zero-order valence-electron chi connectivity index (χ0n) is 12.6. The summed E-state index contributed by atoms with van der Waals surface area (Å²) < 4.78 is 1.77. The monoisotopic (exact) mass is 299 g/mol. The maximum absolute atomic E-state index is 11.8. The molecule has 1 atom stereocenters. The van der Waals surface area contributed by atoms with E-state index in [-0.39, 0.29) is 0 Å². The molecular formula is C17H21N3O2. The highest BCUT2D eigenvalue weighted by Gasteiger charge is 2.27. The van der Waals surface area contributed by atoms with Gasteiger partial charge in [-0.15, -0.1) is 0 Å². The molecule has 1 aliphatic heterocycles. The summed E-state index contributed by atoms with van der Waals surface area (Å²) in [6.45, 7) is 1.72. The first-order valence-electron chi connectivity index (χ1n) is 7.82. The van der Waals surface area contributed by atoms with Crippen molar-refractivity contribution in [2.24, 2.45) is 0 Å². The van der Waals surface area contributed by atoms with Crippen LogP contribution in [0.3, 0.4) is 0 Å². The van der Waals surface area contributed by atoms with Crippen LogP contribution in [0.1, 0.15) is 37.3 Å². The van der Waals surface area contributed by atoms with Gasteiger partial charge in [0.1, 0.15) is 6.04 Å². The van der Waals surface area contributed by atoms with Gasteiger partial charge < -0.3 is 5.11 Å². The molecule has 0 unspecified atom stereocenters. The predicted octanol–water partition coefficient (Wildman–Crippen LogP) is 2.87. The number of rotatable bonds is 4. The number of hydrogen-bond acceptors (Lipinski definition) is 3. The molecule has 1 aliphatic rings. The number of carboxylic acids is 1. The lowest BCUT2D eigenvalue weighted by atomic mass is 10.0. The molecule has 2 aromatic rings. The number of carboxylic acid groups (broad SMARTS) is 1. The van der Waals surface area contributed by atoms with E-state index >= 15 is 0 Å². The van der Waals surface area contributed by atoms with E-state index in [9.17, 15) is 9.90 Å². The Kier molecular flexibility index (Phi) is 4.53. The normalized spacial score (nSPS) is 17.8. The molecule has 0 radical (unpaired) electrons. The van der Waals surface area contributed by atoms with E-state index in [1.807, 2.05) is 36.5 Å². The van der Waals surface area contributed by atoms with E-state index in [0.29, 0.717) is 0 Å². The van der Waals surface area contributed by atoms with Gasteiger partial charge in [0.05, 0.1) is 5.69 Å². The van der Waals surface area contributed by atoms with Crippen LogP contribution < -0.4 is 0 Å². The summed E-state index contributed by atoms with van der Waals surface area (Å²) in [4.78, 5) is 13.9. The lowest BCUT2D eigenvalue weighted by Crippen LogP contribution is -2.34. The molecule has 1 aromatic carbocycles. The highest BCUT2D eigenvalue weighted by Crippen LogP contribution is 2.25. The van der Waals surface area contributed by atoms with Crippen molar-refractivity contribution in [3.05, 3.63) is 48.3 Å². The molecule has 5 heteroatoms. The molecule has 1 saturated heterocycles. The van der Waals surface area contributed by atoms with Gasteiger partial charge in [-0.2, -0.15) is 5.10 Å². The number of nitrogens with zero attached hydrogens (tertiary/aromatic N) is 3. The molecule has 22 heavy (non-hydrogen) atoms. The van der Waals surface area contributed by atoms with Crippen LogP contribution in [0.15, 0.2) is 42.7 Å². The molecule has 2 heterocycles. The first kappa shape index (κ1) is 14.8. The van der Waals surface area contributed by atoms with Crippen molar-refractivity contribution >= 4 is 5.97 Å². The Morgan fingerprint density at radius 1 is 1.09 bits per heavy atom. The van der Waals surface area contributed by atoms with Gasteiger partial charge in [0.15, 0.2) is 0 Å². The van der Waals surface area contributed by atoms with Gasteiger partial charge in [0.2, 0.25) is 0 Å². The molecule has 5 nitrogen and oxygen atoms in total. The van der Waals surface area contributed by atoms with Gasteiger partial charge in [-0.25, -0.2) is 4.68 Å². The van der Waals surface area contributed by atoms with E-state index in [4.69, 9.17) is 0 Å².